The van der Waals surface area contributed by atoms with Gasteiger partial charge in [-0.2, -0.15) is 5.26 Å². The topological polar surface area (TPSA) is 149 Å². The maximum Gasteiger partial charge on any atom is 0.269 e. The number of aromatic nitrogens is 2. The predicted octanol–water partition coefficient (Wildman–Crippen LogP) is 5.95. The monoisotopic (exact) mass is 556 g/mol. The zero-order valence-electron chi connectivity index (χ0n) is 21.4. The number of rotatable bonds is 7. The molecule has 0 fully saturated rings. The molecule has 0 unspecified atom stereocenters. The van der Waals surface area contributed by atoms with E-state index in [1.165, 1.54) is 11.3 Å². The number of carbonyl (C=O) groups is 1. The fourth-order valence-corrected chi connectivity index (χ4v) is 5.98. The highest BCUT2D eigenvalue weighted by molar-refractivity contribution is 7.21. The van der Waals surface area contributed by atoms with Crippen molar-refractivity contribution in [3.63, 3.8) is 0 Å². The molecule has 39 heavy (non-hydrogen) atoms. The molecular formula is C28H24N6O3S2. The van der Waals surface area contributed by atoms with Crippen LogP contribution in [0.2, 0.25) is 0 Å². The molecule has 0 spiro atoms. The van der Waals surface area contributed by atoms with Crippen molar-refractivity contribution >= 4 is 55.4 Å². The molecular weight excluding hydrogens is 532 g/mol. The number of nitrogen functional groups attached to an aromatic ring is 2. The number of nitriles is 1. The van der Waals surface area contributed by atoms with E-state index in [0.29, 0.717) is 38.1 Å². The van der Waals surface area contributed by atoms with Crippen molar-refractivity contribution in [3.05, 3.63) is 63.8 Å². The number of ether oxygens (including phenoxy) is 2. The second kappa shape index (κ2) is 10.6. The van der Waals surface area contributed by atoms with Gasteiger partial charge >= 0.3 is 0 Å². The quantitative estimate of drug-likeness (QED) is 0.222. The van der Waals surface area contributed by atoms with Gasteiger partial charge in [0.25, 0.3) is 5.91 Å². The summed E-state index contributed by atoms with van der Waals surface area (Å²) in [5, 5.41) is 15.5. The minimum Gasteiger partial charge on any atom is -0.493 e. The van der Waals surface area contributed by atoms with Gasteiger partial charge in [0.05, 0.1) is 25.6 Å². The van der Waals surface area contributed by atoms with Gasteiger partial charge in [-0.3, -0.25) is 10.1 Å². The summed E-state index contributed by atoms with van der Waals surface area (Å²) in [6.45, 7) is 2.07. The lowest BCUT2D eigenvalue weighted by Crippen LogP contribution is -2.11. The third kappa shape index (κ3) is 4.71. The summed E-state index contributed by atoms with van der Waals surface area (Å²) in [5.41, 5.74) is 17.1. The Morgan fingerprint density at radius 1 is 1.05 bits per heavy atom. The maximum atomic E-state index is 13.3. The molecule has 2 aromatic carbocycles. The molecule has 0 aliphatic heterocycles. The number of nitrogens with one attached hydrogen (secondary N) is 1. The highest BCUT2D eigenvalue weighted by Crippen LogP contribution is 2.43. The highest BCUT2D eigenvalue weighted by Gasteiger charge is 2.25. The molecule has 5 N–H and O–H groups in total. The first-order valence-electron chi connectivity index (χ1n) is 11.9. The largest absolute Gasteiger partial charge is 0.493 e. The molecule has 1 amide bonds. The van der Waals surface area contributed by atoms with Crippen molar-refractivity contribution in [1.82, 2.24) is 9.97 Å². The van der Waals surface area contributed by atoms with Crippen LogP contribution in [0, 0.1) is 11.3 Å². The summed E-state index contributed by atoms with van der Waals surface area (Å²) in [5.74, 6) is 0.857. The van der Waals surface area contributed by atoms with Gasteiger partial charge in [0.1, 0.15) is 27.2 Å². The van der Waals surface area contributed by atoms with Gasteiger partial charge in [-0.25, -0.2) is 9.97 Å². The lowest BCUT2D eigenvalue weighted by molar-refractivity contribution is 0.103. The molecule has 0 bridgehead atoms. The summed E-state index contributed by atoms with van der Waals surface area (Å²) in [4.78, 5) is 23.0. The first-order valence-corrected chi connectivity index (χ1v) is 13.6. The second-order valence-electron chi connectivity index (χ2n) is 8.50. The number of fused-ring (bicyclic) bond motifs is 1. The van der Waals surface area contributed by atoms with Gasteiger partial charge in [0, 0.05) is 21.9 Å². The second-order valence-corrected chi connectivity index (χ2v) is 10.4. The molecule has 0 aliphatic rings. The molecule has 11 heteroatoms. The number of pyridine rings is 1. The lowest BCUT2D eigenvalue weighted by atomic mass is 9.96. The van der Waals surface area contributed by atoms with E-state index < -0.39 is 5.91 Å². The first kappa shape index (κ1) is 26.0. The molecule has 3 aromatic heterocycles. The Morgan fingerprint density at radius 3 is 2.44 bits per heavy atom. The van der Waals surface area contributed by atoms with Gasteiger partial charge in [-0.1, -0.05) is 31.2 Å². The molecule has 9 nitrogen and oxygen atoms in total. The number of thiazole rings is 1. The Morgan fingerprint density at radius 2 is 1.77 bits per heavy atom. The number of aryl methyl sites for hydroxylation is 1. The number of hydrogen-bond acceptors (Lipinski definition) is 10. The van der Waals surface area contributed by atoms with E-state index in [4.69, 9.17) is 20.9 Å². The number of nitrogens with two attached hydrogens (primary N) is 2. The summed E-state index contributed by atoms with van der Waals surface area (Å²) >= 11 is 2.41. The molecule has 0 saturated carbocycles. The van der Waals surface area contributed by atoms with Crippen molar-refractivity contribution in [3.8, 4) is 40.0 Å². The molecule has 196 valence electrons. The van der Waals surface area contributed by atoms with Crippen molar-refractivity contribution < 1.29 is 14.3 Å². The summed E-state index contributed by atoms with van der Waals surface area (Å²) < 4.78 is 10.7. The van der Waals surface area contributed by atoms with Crippen molar-refractivity contribution in [2.75, 3.05) is 31.0 Å². The zero-order chi connectivity index (χ0) is 27.7. The minimum atomic E-state index is -0.423. The van der Waals surface area contributed by atoms with Gasteiger partial charge in [0.15, 0.2) is 16.6 Å². The van der Waals surface area contributed by atoms with Crippen LogP contribution in [0.3, 0.4) is 0 Å². The third-order valence-corrected chi connectivity index (χ3v) is 8.13. The summed E-state index contributed by atoms with van der Waals surface area (Å²) in [7, 11) is 3.14. The third-order valence-electron chi connectivity index (χ3n) is 6.28. The Kier molecular flexibility index (Phi) is 7.06. The number of amides is 1. The molecule has 0 radical (unpaired) electrons. The van der Waals surface area contributed by atoms with Crippen molar-refractivity contribution in [1.29, 1.82) is 5.26 Å². The van der Waals surface area contributed by atoms with E-state index in [0.717, 1.165) is 34.4 Å². The first-order chi connectivity index (χ1) is 18.9. The Hall–Kier alpha value is -4.66. The van der Waals surface area contributed by atoms with Gasteiger partial charge in [-0.05, 0) is 35.7 Å². The van der Waals surface area contributed by atoms with Crippen LogP contribution in [-0.4, -0.2) is 30.1 Å². The van der Waals surface area contributed by atoms with E-state index in [1.54, 1.807) is 20.3 Å². The Bertz CT molecular complexity index is 1750. The summed E-state index contributed by atoms with van der Waals surface area (Å²) in [6.07, 6.45) is 0.884. The fraction of sp³-hybridized carbons (Fsp3) is 0.143. The predicted molar refractivity (Wildman–Crippen MR) is 157 cm³/mol. The lowest BCUT2D eigenvalue weighted by Gasteiger charge is -2.10. The standard InChI is InChI=1S/C28H24N6O3S2/c1-4-14-5-7-15(8-6-14)21-17(12-29)25(31)33-27-22(21)23(30)24(39-27)26(35)34-28-32-18(13-38-28)16-9-10-19(36-2)20(11-16)37-3/h5-11,13H,4,30H2,1-3H3,(H2,31,33)(H,32,34,35). The number of nitrogens with zero attached hydrogens (tertiary/aromatic N) is 3. The van der Waals surface area contributed by atoms with E-state index in [9.17, 15) is 10.1 Å². The van der Waals surface area contributed by atoms with E-state index in [-0.39, 0.29) is 21.9 Å². The molecule has 0 aliphatic carbocycles. The molecule has 0 saturated heterocycles. The maximum absolute atomic E-state index is 13.3. The van der Waals surface area contributed by atoms with E-state index in [1.807, 2.05) is 41.8 Å². The number of carbonyl (C=O) groups excluding carboxylic acids is 1. The average molecular weight is 557 g/mol. The minimum absolute atomic E-state index is 0.0901. The number of anilines is 3. The smallest absolute Gasteiger partial charge is 0.269 e. The molecule has 5 aromatic rings. The van der Waals surface area contributed by atoms with Crippen molar-refractivity contribution in [2.45, 2.75) is 13.3 Å². The van der Waals surface area contributed by atoms with Crippen LogP contribution < -0.4 is 26.3 Å². The van der Waals surface area contributed by atoms with Gasteiger partial charge in [0.2, 0.25) is 0 Å². The number of hydrogen-bond donors (Lipinski definition) is 3. The van der Waals surface area contributed by atoms with Gasteiger partial charge in [-0.15, -0.1) is 22.7 Å². The number of benzene rings is 2. The van der Waals surface area contributed by atoms with Crippen LogP contribution in [0.5, 0.6) is 11.5 Å². The average Bonchev–Trinajstić information content (AvgIpc) is 3.56. The fourth-order valence-electron chi connectivity index (χ4n) is 4.26. The number of methoxy groups -OCH3 is 2. The van der Waals surface area contributed by atoms with Gasteiger partial charge < -0.3 is 20.9 Å². The van der Waals surface area contributed by atoms with E-state index in [2.05, 4.69) is 28.3 Å². The van der Waals surface area contributed by atoms with Crippen LogP contribution in [-0.2, 0) is 6.42 Å². The normalized spacial score (nSPS) is 10.8. The van der Waals surface area contributed by atoms with Crippen LogP contribution >= 0.6 is 22.7 Å². The Balaban J connectivity index is 1.50. The van der Waals surface area contributed by atoms with Crippen LogP contribution in [0.4, 0.5) is 16.6 Å². The van der Waals surface area contributed by atoms with Crippen LogP contribution in [0.15, 0.2) is 47.8 Å². The van der Waals surface area contributed by atoms with Crippen LogP contribution in [0.25, 0.3) is 32.6 Å². The summed E-state index contributed by atoms with van der Waals surface area (Å²) in [6, 6.07) is 15.5. The van der Waals surface area contributed by atoms with Crippen LogP contribution in [0.1, 0.15) is 27.7 Å². The number of thiophene rings is 1. The van der Waals surface area contributed by atoms with E-state index >= 15 is 0 Å². The Labute approximate surface area is 232 Å². The van der Waals surface area contributed by atoms with Crippen molar-refractivity contribution in [2.24, 2.45) is 0 Å². The molecule has 5 rings (SSSR count). The highest BCUT2D eigenvalue weighted by atomic mass is 32.1. The zero-order valence-corrected chi connectivity index (χ0v) is 23.0. The molecule has 3 heterocycles. The SMILES string of the molecule is CCc1ccc(-c2c(C#N)c(N)nc3sc(C(=O)Nc4nc(-c5ccc(OC)c(OC)c5)cs4)c(N)c23)cc1. The molecule has 0 atom stereocenters.